The first kappa shape index (κ1) is 9.85. The lowest BCUT2D eigenvalue weighted by Crippen LogP contribution is -2.46. The third-order valence-electron chi connectivity index (χ3n) is 1.75. The molecule has 0 radical (unpaired) electrons. The van der Waals surface area contributed by atoms with Gasteiger partial charge in [-0.25, -0.2) is 9.98 Å². The van der Waals surface area contributed by atoms with E-state index in [1.165, 1.54) is 0 Å². The van der Waals surface area contributed by atoms with Crippen LogP contribution in [0.1, 0.15) is 20.8 Å². The van der Waals surface area contributed by atoms with Gasteiger partial charge in [-0.3, -0.25) is 5.41 Å². The second-order valence-electron chi connectivity index (χ2n) is 4.08. The molecular weight excluding hydrogens is 166 g/mol. The number of nitrogens with one attached hydrogen (secondary N) is 1. The maximum atomic E-state index is 7.46. The van der Waals surface area contributed by atoms with Crippen molar-refractivity contribution in [3.8, 4) is 0 Å². The summed E-state index contributed by atoms with van der Waals surface area (Å²) in [6.45, 7) is 5.90. The minimum Gasteiger partial charge on any atom is -0.385 e. The van der Waals surface area contributed by atoms with Gasteiger partial charge < -0.3 is 11.5 Å². The molecule has 1 aliphatic heterocycles. The van der Waals surface area contributed by atoms with E-state index in [0.29, 0.717) is 5.84 Å². The van der Waals surface area contributed by atoms with Crippen molar-refractivity contribution < 1.29 is 0 Å². The van der Waals surface area contributed by atoms with Crippen LogP contribution in [0.5, 0.6) is 0 Å². The zero-order valence-electron chi connectivity index (χ0n) is 8.13. The summed E-state index contributed by atoms with van der Waals surface area (Å²) in [5, 5.41) is 7.46. The van der Waals surface area contributed by atoms with E-state index >= 15 is 0 Å². The first-order valence-electron chi connectivity index (χ1n) is 4.09. The lowest BCUT2D eigenvalue weighted by molar-refractivity contribution is 0.584. The molecule has 0 aromatic rings. The van der Waals surface area contributed by atoms with Crippen molar-refractivity contribution in [2.45, 2.75) is 26.8 Å². The largest absolute Gasteiger partial charge is 0.385 e. The average Bonchev–Trinajstić information content (AvgIpc) is 1.97. The van der Waals surface area contributed by atoms with E-state index in [1.54, 1.807) is 0 Å². The molecule has 0 fully saturated rings. The van der Waals surface area contributed by atoms with Crippen molar-refractivity contribution in [1.29, 1.82) is 5.41 Å². The number of rotatable bonds is 0. The number of hydrogen-bond acceptors (Lipinski definition) is 4. The molecule has 5 N–H and O–H groups in total. The van der Waals surface area contributed by atoms with E-state index in [9.17, 15) is 0 Å². The molecule has 1 aliphatic rings. The molecule has 0 aliphatic carbocycles. The second-order valence-corrected chi connectivity index (χ2v) is 4.08. The van der Waals surface area contributed by atoms with Gasteiger partial charge in [0.1, 0.15) is 23.5 Å². The molecule has 0 aromatic carbocycles. The summed E-state index contributed by atoms with van der Waals surface area (Å²) >= 11 is 0. The Kier molecular flexibility index (Phi) is 2.21. The summed E-state index contributed by atoms with van der Waals surface area (Å²) in [4.78, 5) is 8.06. The number of nitrogens with zero attached hydrogens (tertiary/aromatic N) is 2. The van der Waals surface area contributed by atoms with E-state index in [0.717, 1.165) is 0 Å². The Labute approximate surface area is 77.4 Å². The maximum absolute atomic E-state index is 7.46. The van der Waals surface area contributed by atoms with Crippen LogP contribution in [-0.2, 0) is 0 Å². The topological polar surface area (TPSA) is 101 Å². The Balaban J connectivity index is 3.05. The van der Waals surface area contributed by atoms with Crippen LogP contribution in [0.4, 0.5) is 0 Å². The molecular formula is C8H15N5. The van der Waals surface area contributed by atoms with Crippen molar-refractivity contribution in [3.05, 3.63) is 0 Å². The van der Waals surface area contributed by atoms with Crippen LogP contribution in [0.2, 0.25) is 0 Å². The molecule has 0 aromatic heterocycles. The predicted octanol–water partition coefficient (Wildman–Crippen LogP) is 0.106. The van der Waals surface area contributed by atoms with E-state index in [2.05, 4.69) is 9.98 Å². The molecule has 13 heavy (non-hydrogen) atoms. The van der Waals surface area contributed by atoms with Gasteiger partial charge in [0.25, 0.3) is 0 Å². The molecule has 0 saturated heterocycles. The van der Waals surface area contributed by atoms with Crippen LogP contribution in [0.25, 0.3) is 0 Å². The van der Waals surface area contributed by atoms with Crippen LogP contribution in [0, 0.1) is 10.8 Å². The summed E-state index contributed by atoms with van der Waals surface area (Å²) in [5.74, 6) is 0.916. The minimum absolute atomic E-state index is 0.0809. The van der Waals surface area contributed by atoms with Gasteiger partial charge in [-0.05, 0) is 0 Å². The van der Waals surface area contributed by atoms with Crippen LogP contribution in [0.15, 0.2) is 9.98 Å². The Morgan fingerprint density at radius 3 is 2.23 bits per heavy atom. The molecule has 0 spiro atoms. The van der Waals surface area contributed by atoms with Gasteiger partial charge in [0, 0.05) is 5.41 Å². The lowest BCUT2D eigenvalue weighted by atomic mass is 9.94. The molecule has 1 heterocycles. The Morgan fingerprint density at radius 2 is 1.85 bits per heavy atom. The van der Waals surface area contributed by atoms with E-state index < -0.39 is 6.04 Å². The third-order valence-corrected chi connectivity index (χ3v) is 1.75. The van der Waals surface area contributed by atoms with E-state index in [-0.39, 0.29) is 17.1 Å². The average molecular weight is 181 g/mol. The third kappa shape index (κ3) is 1.92. The SMILES string of the molecule is CC(C)(C)C1=NC(=N)C(N)C(N)=N1. The van der Waals surface area contributed by atoms with Crippen molar-refractivity contribution in [1.82, 2.24) is 0 Å². The number of nitrogens with two attached hydrogens (primary N) is 2. The molecule has 1 rings (SSSR count). The first-order valence-corrected chi connectivity index (χ1v) is 4.09. The molecule has 5 heteroatoms. The zero-order chi connectivity index (χ0) is 10.2. The van der Waals surface area contributed by atoms with Gasteiger partial charge in [0.15, 0.2) is 0 Å². The van der Waals surface area contributed by atoms with Gasteiger partial charge in [0.2, 0.25) is 0 Å². The van der Waals surface area contributed by atoms with Gasteiger partial charge in [-0.15, -0.1) is 0 Å². The number of hydrogen-bond donors (Lipinski definition) is 3. The Bertz CT molecular complexity index is 294. The van der Waals surface area contributed by atoms with Crippen LogP contribution in [-0.4, -0.2) is 23.5 Å². The molecule has 72 valence electrons. The molecule has 1 unspecified atom stereocenters. The Hall–Kier alpha value is -1.23. The quantitative estimate of drug-likeness (QED) is 0.494. The molecule has 5 nitrogen and oxygen atoms in total. The number of aliphatic imine (C=N–C) groups is 2. The highest BCUT2D eigenvalue weighted by Crippen LogP contribution is 2.19. The van der Waals surface area contributed by atoms with Crippen molar-refractivity contribution in [2.24, 2.45) is 26.9 Å². The lowest BCUT2D eigenvalue weighted by Gasteiger charge is -2.23. The first-order chi connectivity index (χ1) is 5.82. The maximum Gasteiger partial charge on any atom is 0.147 e. The van der Waals surface area contributed by atoms with Crippen LogP contribution >= 0.6 is 0 Å². The van der Waals surface area contributed by atoms with Crippen LogP contribution < -0.4 is 11.5 Å². The fourth-order valence-electron chi connectivity index (χ4n) is 0.876. The summed E-state index contributed by atoms with van der Waals surface area (Å²) in [6.07, 6.45) is 0. The van der Waals surface area contributed by atoms with Crippen molar-refractivity contribution in [2.75, 3.05) is 0 Å². The minimum atomic E-state index is -0.647. The van der Waals surface area contributed by atoms with Crippen LogP contribution in [0.3, 0.4) is 0 Å². The zero-order valence-corrected chi connectivity index (χ0v) is 8.13. The van der Waals surface area contributed by atoms with Gasteiger partial charge in [-0.1, -0.05) is 20.8 Å². The fourth-order valence-corrected chi connectivity index (χ4v) is 0.876. The summed E-state index contributed by atoms with van der Waals surface area (Å²) in [5.41, 5.74) is 10.9. The summed E-state index contributed by atoms with van der Waals surface area (Å²) in [7, 11) is 0. The summed E-state index contributed by atoms with van der Waals surface area (Å²) in [6, 6.07) is -0.647. The molecule has 0 saturated carbocycles. The molecule has 1 atom stereocenters. The molecule has 0 amide bonds. The smallest absolute Gasteiger partial charge is 0.147 e. The highest BCUT2D eigenvalue weighted by molar-refractivity contribution is 6.19. The second kappa shape index (κ2) is 2.92. The monoisotopic (exact) mass is 181 g/mol. The van der Waals surface area contributed by atoms with Gasteiger partial charge in [0.05, 0.1) is 0 Å². The van der Waals surface area contributed by atoms with E-state index in [1.807, 2.05) is 20.8 Å². The standard InChI is InChI=1S/C8H15N5/c1-8(2,3)7-12-5(10)4(9)6(11)13-7/h4H,9H2,1-3H3,(H3,10,11,12,13). The van der Waals surface area contributed by atoms with E-state index in [4.69, 9.17) is 16.9 Å². The highest BCUT2D eigenvalue weighted by atomic mass is 15.1. The number of amidine groups is 3. The molecule has 0 bridgehead atoms. The highest BCUT2D eigenvalue weighted by Gasteiger charge is 2.26. The van der Waals surface area contributed by atoms with Gasteiger partial charge >= 0.3 is 0 Å². The van der Waals surface area contributed by atoms with Crippen molar-refractivity contribution >= 4 is 17.5 Å². The van der Waals surface area contributed by atoms with Gasteiger partial charge in [-0.2, -0.15) is 0 Å². The van der Waals surface area contributed by atoms with Crippen molar-refractivity contribution in [3.63, 3.8) is 0 Å². The normalized spacial score (nSPS) is 24.0. The Morgan fingerprint density at radius 1 is 1.31 bits per heavy atom. The fraction of sp³-hybridized carbons (Fsp3) is 0.625. The predicted molar refractivity (Wildman–Crippen MR) is 54.2 cm³/mol. The summed E-state index contributed by atoms with van der Waals surface area (Å²) < 4.78 is 0.